The van der Waals surface area contributed by atoms with Crippen molar-refractivity contribution < 1.29 is 36.7 Å². The van der Waals surface area contributed by atoms with Crippen LogP contribution in [0.3, 0.4) is 0 Å². The van der Waals surface area contributed by atoms with E-state index in [2.05, 4.69) is 8.92 Å². The van der Waals surface area contributed by atoms with Gasteiger partial charge in [-0.15, -0.1) is 0 Å². The average Bonchev–Trinajstić information content (AvgIpc) is 2.42. The van der Waals surface area contributed by atoms with Gasteiger partial charge in [0.1, 0.15) is 6.61 Å². The molecule has 0 unspecified atom stereocenters. The summed E-state index contributed by atoms with van der Waals surface area (Å²) in [7, 11) is -5.96. The number of halogens is 3. The molecule has 0 amide bonds. The van der Waals surface area contributed by atoms with Gasteiger partial charge in [-0.05, 0) is 12.5 Å². The van der Waals surface area contributed by atoms with Gasteiger partial charge in [0, 0.05) is 1.37 Å². The normalized spacial score (nSPS) is 14.4. The van der Waals surface area contributed by atoms with Crippen LogP contribution in [0.4, 0.5) is 13.2 Å². The number of hydrogen-bond donors (Lipinski definition) is 0. The lowest BCUT2D eigenvalue weighted by molar-refractivity contribution is -0.153. The molecule has 0 saturated carbocycles. The zero-order chi connectivity index (χ0) is 16.1. The van der Waals surface area contributed by atoms with Crippen molar-refractivity contribution in [3.05, 3.63) is 35.9 Å². The molecule has 0 fully saturated rings. The lowest BCUT2D eigenvalue weighted by atomic mass is 10.2. The second-order valence-electron chi connectivity index (χ2n) is 3.58. The molecule has 0 aliphatic rings. The van der Waals surface area contributed by atoms with Crippen molar-refractivity contribution in [2.75, 3.05) is 0 Å². The Labute approximate surface area is 114 Å². The van der Waals surface area contributed by atoms with E-state index in [0.717, 1.165) is 0 Å². The van der Waals surface area contributed by atoms with Gasteiger partial charge in [0.2, 0.25) is 0 Å². The van der Waals surface area contributed by atoms with Crippen LogP contribution in [-0.2, 0) is 30.4 Å². The number of rotatable bonds is 5. The van der Waals surface area contributed by atoms with Crippen molar-refractivity contribution >= 4 is 16.1 Å². The number of alkyl halides is 3. The molecule has 0 bridgehead atoms. The van der Waals surface area contributed by atoms with E-state index < -0.39 is 34.6 Å². The maximum atomic E-state index is 12.1. The Balaban J connectivity index is 2.66. The van der Waals surface area contributed by atoms with E-state index in [0.29, 0.717) is 5.56 Å². The molecule has 0 saturated heterocycles. The van der Waals surface area contributed by atoms with Crippen molar-refractivity contribution in [1.82, 2.24) is 0 Å². The fourth-order valence-electron chi connectivity index (χ4n) is 1.07. The Morgan fingerprint density at radius 3 is 2.45 bits per heavy atom. The first kappa shape index (κ1) is 14.8. The molecule has 0 N–H and O–H groups in total. The standard InChI is InChI=1S/C11H11F3O5S/c1-8(19-20(16,17)11(12,13)14)10(15)18-7-9-5-3-2-4-6-9/h2-6,8H,7H2,1H3/t8-/m0/s1/i1D. The smallest absolute Gasteiger partial charge is 0.459 e. The molecule has 0 aliphatic carbocycles. The summed E-state index contributed by atoms with van der Waals surface area (Å²) >= 11 is 0. The highest BCUT2D eigenvalue weighted by molar-refractivity contribution is 7.87. The highest BCUT2D eigenvalue weighted by Crippen LogP contribution is 2.25. The van der Waals surface area contributed by atoms with E-state index in [1.54, 1.807) is 30.3 Å². The molecule has 0 aliphatic heterocycles. The Morgan fingerprint density at radius 2 is 1.95 bits per heavy atom. The minimum atomic E-state index is -5.96. The highest BCUT2D eigenvalue weighted by Gasteiger charge is 2.49. The van der Waals surface area contributed by atoms with Gasteiger partial charge in [-0.1, -0.05) is 30.3 Å². The van der Waals surface area contributed by atoms with Gasteiger partial charge in [-0.3, -0.25) is 0 Å². The maximum Gasteiger partial charge on any atom is 0.523 e. The molecule has 0 spiro atoms. The molecule has 20 heavy (non-hydrogen) atoms. The van der Waals surface area contributed by atoms with E-state index in [1.165, 1.54) is 0 Å². The minimum absolute atomic E-state index is 0.272. The summed E-state index contributed by atoms with van der Waals surface area (Å²) < 4.78 is 73.1. The third kappa shape index (κ3) is 4.49. The lowest BCUT2D eigenvalue weighted by Crippen LogP contribution is -2.33. The predicted molar refractivity (Wildman–Crippen MR) is 61.8 cm³/mol. The minimum Gasteiger partial charge on any atom is -0.459 e. The van der Waals surface area contributed by atoms with Crippen LogP contribution < -0.4 is 0 Å². The van der Waals surface area contributed by atoms with Crippen LogP contribution in [0.15, 0.2) is 30.3 Å². The zero-order valence-corrected chi connectivity index (χ0v) is 10.8. The first-order valence-corrected chi connectivity index (χ1v) is 6.57. The van der Waals surface area contributed by atoms with Gasteiger partial charge in [0.05, 0.1) is 0 Å². The summed E-state index contributed by atoms with van der Waals surface area (Å²) in [4.78, 5) is 11.5. The van der Waals surface area contributed by atoms with Gasteiger partial charge < -0.3 is 4.74 Å². The first-order chi connectivity index (χ1) is 9.67. The van der Waals surface area contributed by atoms with Crippen LogP contribution in [0.25, 0.3) is 0 Å². The summed E-state index contributed by atoms with van der Waals surface area (Å²) in [6.07, 6.45) is -2.17. The van der Waals surface area contributed by atoms with E-state index >= 15 is 0 Å². The molecular formula is C11H11F3O5S. The van der Waals surface area contributed by atoms with Crippen molar-refractivity contribution in [1.29, 1.82) is 0 Å². The fraction of sp³-hybridized carbons (Fsp3) is 0.364. The largest absolute Gasteiger partial charge is 0.523 e. The van der Waals surface area contributed by atoms with Crippen LogP contribution >= 0.6 is 0 Å². The van der Waals surface area contributed by atoms with E-state index in [-0.39, 0.29) is 6.61 Å². The highest BCUT2D eigenvalue weighted by atomic mass is 32.2. The van der Waals surface area contributed by atoms with E-state index in [1.807, 2.05) is 0 Å². The number of carbonyl (C=O) groups excluding carboxylic acids is 1. The molecule has 0 radical (unpaired) electrons. The van der Waals surface area contributed by atoms with Crippen molar-refractivity contribution in [3.63, 3.8) is 0 Å². The zero-order valence-electron chi connectivity index (χ0n) is 11.0. The summed E-state index contributed by atoms with van der Waals surface area (Å²) in [5, 5.41) is 0. The fourth-order valence-corrected chi connectivity index (χ4v) is 1.56. The van der Waals surface area contributed by atoms with Crippen LogP contribution in [0.2, 0.25) is 0 Å². The van der Waals surface area contributed by atoms with Gasteiger partial charge in [-0.2, -0.15) is 21.6 Å². The second-order valence-corrected chi connectivity index (χ2v) is 5.14. The summed E-state index contributed by atoms with van der Waals surface area (Å²) in [6, 6.07) is 8.19. The average molecular weight is 313 g/mol. The molecule has 1 aromatic rings. The monoisotopic (exact) mass is 313 g/mol. The Hall–Kier alpha value is -1.61. The summed E-state index contributed by atoms with van der Waals surface area (Å²) in [5.74, 6) is -1.36. The number of esters is 1. The van der Waals surface area contributed by atoms with E-state index in [9.17, 15) is 26.4 Å². The molecule has 1 aromatic carbocycles. The van der Waals surface area contributed by atoms with Gasteiger partial charge in [0.25, 0.3) is 0 Å². The van der Waals surface area contributed by atoms with Crippen molar-refractivity contribution in [2.45, 2.75) is 25.1 Å². The number of carbonyl (C=O) groups is 1. The molecule has 0 aromatic heterocycles. The molecule has 0 heterocycles. The molecular weight excluding hydrogens is 301 g/mol. The molecule has 112 valence electrons. The third-order valence-electron chi connectivity index (χ3n) is 2.01. The molecule has 1 rings (SSSR count). The summed E-state index contributed by atoms with van der Waals surface area (Å²) in [5.41, 5.74) is -5.12. The number of hydrogen-bond acceptors (Lipinski definition) is 5. The van der Waals surface area contributed by atoms with Gasteiger partial charge in [0.15, 0.2) is 6.10 Å². The Kier molecular flexibility index (Phi) is 4.61. The lowest BCUT2D eigenvalue weighted by Gasteiger charge is -2.13. The predicted octanol–water partition coefficient (Wildman–Crippen LogP) is 1.98. The van der Waals surface area contributed by atoms with Crippen LogP contribution in [0, 0.1) is 0 Å². The summed E-state index contributed by atoms with van der Waals surface area (Å²) in [6.45, 7) is -1.30. The Bertz CT molecular complexity index is 573. The quantitative estimate of drug-likeness (QED) is 0.472. The Morgan fingerprint density at radius 1 is 1.35 bits per heavy atom. The van der Waals surface area contributed by atoms with Crippen molar-refractivity contribution in [3.8, 4) is 0 Å². The second kappa shape index (κ2) is 6.23. The third-order valence-corrected chi connectivity index (χ3v) is 3.07. The van der Waals surface area contributed by atoms with Crippen LogP contribution in [-0.4, -0.2) is 26.0 Å². The van der Waals surface area contributed by atoms with Gasteiger partial charge >= 0.3 is 21.6 Å². The SMILES string of the molecule is [2H]C[C@H](OS(=O)(=O)C(F)(F)F)C(=O)OCc1ccccc1. The van der Waals surface area contributed by atoms with Gasteiger partial charge in [-0.25, -0.2) is 8.98 Å². The number of ether oxygens (including phenoxy) is 1. The molecule has 9 heteroatoms. The number of benzene rings is 1. The first-order valence-electron chi connectivity index (χ1n) is 5.87. The topological polar surface area (TPSA) is 69.7 Å². The van der Waals surface area contributed by atoms with E-state index in [4.69, 9.17) is 1.37 Å². The van der Waals surface area contributed by atoms with Crippen molar-refractivity contribution in [2.24, 2.45) is 0 Å². The molecule has 1 atom stereocenters. The maximum absolute atomic E-state index is 12.1. The van der Waals surface area contributed by atoms with Crippen LogP contribution in [0.1, 0.15) is 13.8 Å². The molecule has 5 nitrogen and oxygen atoms in total. The van der Waals surface area contributed by atoms with Crippen LogP contribution in [0.5, 0.6) is 0 Å².